The van der Waals surface area contributed by atoms with Crippen molar-refractivity contribution in [3.63, 3.8) is 0 Å². The first-order valence-electron chi connectivity index (χ1n) is 9.51. The number of hydrogen-bond donors (Lipinski definition) is 0. The number of rotatable bonds is 5. The van der Waals surface area contributed by atoms with Crippen LogP contribution in [0, 0.1) is 0 Å². The van der Waals surface area contributed by atoms with Crippen molar-refractivity contribution >= 4 is 11.5 Å². The fourth-order valence-corrected chi connectivity index (χ4v) is 3.98. The number of esters is 1. The molecule has 4 heteroatoms. The molecule has 0 radical (unpaired) electrons. The molecule has 0 amide bonds. The van der Waals surface area contributed by atoms with Gasteiger partial charge in [-0.25, -0.2) is 4.79 Å². The topological polar surface area (TPSA) is 38.8 Å². The van der Waals surface area contributed by atoms with Gasteiger partial charge in [-0.1, -0.05) is 36.4 Å². The molecule has 2 aromatic rings. The molecule has 0 unspecified atom stereocenters. The SMILES string of the molecule is COC(=O)c1ccc(CC2=C(CN3CCOCC3)Cc3ccccc32)cc1. The molecular weight excluding hydrogens is 338 g/mol. The van der Waals surface area contributed by atoms with Crippen LogP contribution in [0.5, 0.6) is 0 Å². The van der Waals surface area contributed by atoms with Gasteiger partial charge in [0.25, 0.3) is 0 Å². The molecule has 27 heavy (non-hydrogen) atoms. The van der Waals surface area contributed by atoms with E-state index in [1.165, 1.54) is 34.9 Å². The second kappa shape index (κ2) is 8.07. The lowest BCUT2D eigenvalue weighted by Gasteiger charge is -2.27. The smallest absolute Gasteiger partial charge is 0.337 e. The highest BCUT2D eigenvalue weighted by Gasteiger charge is 2.23. The van der Waals surface area contributed by atoms with Gasteiger partial charge in [0.2, 0.25) is 0 Å². The van der Waals surface area contributed by atoms with E-state index in [-0.39, 0.29) is 5.97 Å². The van der Waals surface area contributed by atoms with Crippen molar-refractivity contribution in [3.8, 4) is 0 Å². The summed E-state index contributed by atoms with van der Waals surface area (Å²) < 4.78 is 10.3. The van der Waals surface area contributed by atoms with Crippen LogP contribution in [0.4, 0.5) is 0 Å². The Hall–Kier alpha value is -2.43. The zero-order valence-electron chi connectivity index (χ0n) is 15.7. The number of hydrogen-bond acceptors (Lipinski definition) is 4. The molecule has 0 saturated carbocycles. The number of fused-ring (bicyclic) bond motifs is 1. The monoisotopic (exact) mass is 363 g/mol. The molecule has 1 aliphatic heterocycles. The highest BCUT2D eigenvalue weighted by molar-refractivity contribution is 5.89. The second-order valence-electron chi connectivity index (χ2n) is 7.17. The molecule has 0 N–H and O–H groups in total. The first-order valence-corrected chi connectivity index (χ1v) is 9.51. The fraction of sp³-hybridized carbons (Fsp3) is 0.348. The van der Waals surface area contributed by atoms with E-state index in [0.717, 1.165) is 45.7 Å². The molecular formula is C23H25NO3. The number of allylic oxidation sites excluding steroid dienone is 1. The summed E-state index contributed by atoms with van der Waals surface area (Å²) in [7, 11) is 1.41. The largest absolute Gasteiger partial charge is 0.465 e. The lowest BCUT2D eigenvalue weighted by Crippen LogP contribution is -2.37. The maximum absolute atomic E-state index is 11.7. The van der Waals surface area contributed by atoms with Crippen molar-refractivity contribution in [1.29, 1.82) is 0 Å². The molecule has 1 heterocycles. The number of carbonyl (C=O) groups excluding carboxylic acids is 1. The molecule has 2 aliphatic rings. The number of methoxy groups -OCH3 is 1. The minimum Gasteiger partial charge on any atom is -0.465 e. The quantitative estimate of drug-likeness (QED) is 0.764. The summed E-state index contributed by atoms with van der Waals surface area (Å²) in [6, 6.07) is 16.5. The molecule has 4 nitrogen and oxygen atoms in total. The number of benzene rings is 2. The van der Waals surface area contributed by atoms with Crippen LogP contribution in [0.15, 0.2) is 54.1 Å². The summed E-state index contributed by atoms with van der Waals surface area (Å²) in [5.41, 5.74) is 7.54. The number of carbonyl (C=O) groups is 1. The number of ether oxygens (including phenoxy) is 2. The van der Waals surface area contributed by atoms with Gasteiger partial charge in [-0.3, -0.25) is 4.90 Å². The summed E-state index contributed by atoms with van der Waals surface area (Å²) in [4.78, 5) is 14.2. The molecule has 1 aliphatic carbocycles. The molecule has 140 valence electrons. The van der Waals surface area contributed by atoms with Crippen LogP contribution >= 0.6 is 0 Å². The van der Waals surface area contributed by atoms with E-state index in [1.54, 1.807) is 0 Å². The molecule has 4 rings (SSSR count). The van der Waals surface area contributed by atoms with E-state index < -0.39 is 0 Å². The van der Waals surface area contributed by atoms with Gasteiger partial charge in [-0.05, 0) is 52.8 Å². The minimum atomic E-state index is -0.292. The van der Waals surface area contributed by atoms with Gasteiger partial charge in [-0.15, -0.1) is 0 Å². The summed E-state index contributed by atoms with van der Waals surface area (Å²) in [5.74, 6) is -0.292. The van der Waals surface area contributed by atoms with Crippen molar-refractivity contribution in [1.82, 2.24) is 4.90 Å². The maximum Gasteiger partial charge on any atom is 0.337 e. The lowest BCUT2D eigenvalue weighted by molar-refractivity contribution is 0.0421. The Bertz CT molecular complexity index is 848. The predicted molar refractivity (Wildman–Crippen MR) is 106 cm³/mol. The molecule has 2 aromatic carbocycles. The summed E-state index contributed by atoms with van der Waals surface area (Å²) in [6.45, 7) is 4.66. The molecule has 0 aromatic heterocycles. The van der Waals surface area contributed by atoms with Crippen LogP contribution in [0.2, 0.25) is 0 Å². The average Bonchev–Trinajstić information content (AvgIpc) is 3.06. The van der Waals surface area contributed by atoms with Crippen LogP contribution in [0.25, 0.3) is 5.57 Å². The van der Waals surface area contributed by atoms with Crippen molar-refractivity contribution in [3.05, 3.63) is 76.4 Å². The molecule has 0 bridgehead atoms. The fourth-order valence-electron chi connectivity index (χ4n) is 3.98. The molecule has 0 atom stereocenters. The Labute approximate surface area is 160 Å². The van der Waals surface area contributed by atoms with Gasteiger partial charge in [0, 0.05) is 19.6 Å². The Morgan fingerprint density at radius 1 is 1.07 bits per heavy atom. The van der Waals surface area contributed by atoms with E-state index in [0.29, 0.717) is 5.56 Å². The van der Waals surface area contributed by atoms with E-state index in [2.05, 4.69) is 29.2 Å². The first kappa shape index (κ1) is 18.0. The summed E-state index contributed by atoms with van der Waals surface area (Å²) in [5, 5.41) is 0. The van der Waals surface area contributed by atoms with Gasteiger partial charge >= 0.3 is 5.97 Å². The van der Waals surface area contributed by atoms with Gasteiger partial charge in [0.05, 0.1) is 25.9 Å². The van der Waals surface area contributed by atoms with Crippen LogP contribution in [-0.4, -0.2) is 50.8 Å². The van der Waals surface area contributed by atoms with Gasteiger partial charge < -0.3 is 9.47 Å². The normalized spacial score (nSPS) is 17.1. The summed E-state index contributed by atoms with van der Waals surface area (Å²) >= 11 is 0. The predicted octanol–water partition coefficient (Wildman–Crippen LogP) is 3.36. The van der Waals surface area contributed by atoms with E-state index in [9.17, 15) is 4.79 Å². The van der Waals surface area contributed by atoms with Crippen molar-refractivity contribution in [2.45, 2.75) is 12.8 Å². The molecule has 1 fully saturated rings. The first-order chi connectivity index (χ1) is 13.2. The number of nitrogens with zero attached hydrogens (tertiary/aromatic N) is 1. The summed E-state index contributed by atoms with van der Waals surface area (Å²) in [6.07, 6.45) is 1.92. The highest BCUT2D eigenvalue weighted by atomic mass is 16.5. The van der Waals surface area contributed by atoms with Gasteiger partial charge in [0.15, 0.2) is 0 Å². The van der Waals surface area contributed by atoms with E-state index in [1.807, 2.05) is 24.3 Å². The Kier molecular flexibility index (Phi) is 5.37. The van der Waals surface area contributed by atoms with Crippen molar-refractivity contribution < 1.29 is 14.3 Å². The standard InChI is InChI=1S/C23H25NO3/c1-26-23(25)18-8-6-17(7-9-18)14-22-20(16-24-10-12-27-13-11-24)15-19-4-2-3-5-21(19)22/h2-9H,10-16H2,1H3. The molecule has 1 saturated heterocycles. The Morgan fingerprint density at radius 3 is 2.56 bits per heavy atom. The maximum atomic E-state index is 11.7. The third kappa shape index (κ3) is 3.97. The van der Waals surface area contributed by atoms with Gasteiger partial charge in [0.1, 0.15) is 0 Å². The zero-order chi connectivity index (χ0) is 18.6. The minimum absolute atomic E-state index is 0.292. The third-order valence-corrected chi connectivity index (χ3v) is 5.45. The van der Waals surface area contributed by atoms with E-state index >= 15 is 0 Å². The van der Waals surface area contributed by atoms with E-state index in [4.69, 9.17) is 9.47 Å². The van der Waals surface area contributed by atoms with Crippen LogP contribution in [-0.2, 0) is 22.3 Å². The van der Waals surface area contributed by atoms with Crippen molar-refractivity contribution in [2.75, 3.05) is 40.0 Å². The second-order valence-corrected chi connectivity index (χ2v) is 7.17. The van der Waals surface area contributed by atoms with Crippen LogP contribution in [0.1, 0.15) is 27.0 Å². The van der Waals surface area contributed by atoms with Crippen LogP contribution < -0.4 is 0 Å². The molecule has 0 spiro atoms. The number of morpholine rings is 1. The van der Waals surface area contributed by atoms with Crippen LogP contribution in [0.3, 0.4) is 0 Å². The van der Waals surface area contributed by atoms with Gasteiger partial charge in [-0.2, -0.15) is 0 Å². The van der Waals surface area contributed by atoms with Crippen molar-refractivity contribution in [2.24, 2.45) is 0 Å². The highest BCUT2D eigenvalue weighted by Crippen LogP contribution is 2.35. The Morgan fingerprint density at radius 2 is 1.81 bits per heavy atom. The Balaban J connectivity index is 1.59. The third-order valence-electron chi connectivity index (χ3n) is 5.45. The zero-order valence-corrected chi connectivity index (χ0v) is 15.7. The average molecular weight is 363 g/mol. The lowest BCUT2D eigenvalue weighted by atomic mass is 9.97.